The lowest BCUT2D eigenvalue weighted by Gasteiger charge is -2.35. The minimum absolute atomic E-state index is 0.0654. The van der Waals surface area contributed by atoms with Crippen molar-refractivity contribution in [2.45, 2.75) is 31.7 Å². The van der Waals surface area contributed by atoms with Crippen molar-refractivity contribution in [2.24, 2.45) is 5.73 Å². The van der Waals surface area contributed by atoms with Gasteiger partial charge in [0.05, 0.1) is 4.92 Å². The molecular weight excluding hydrogens is 340 g/mol. The van der Waals surface area contributed by atoms with Crippen molar-refractivity contribution >= 4 is 17.5 Å². The fourth-order valence-corrected chi connectivity index (χ4v) is 2.94. The Morgan fingerprint density at radius 2 is 2.12 bits per heavy atom. The van der Waals surface area contributed by atoms with E-state index in [0.29, 0.717) is 13.1 Å². The maximum Gasteiger partial charge on any atom is 0.310 e. The summed E-state index contributed by atoms with van der Waals surface area (Å²) in [6.07, 6.45) is 2.90. The van der Waals surface area contributed by atoms with Crippen LogP contribution in [0.4, 0.5) is 5.69 Å². The molecule has 0 saturated carbocycles. The largest absolute Gasteiger partial charge is 0.477 e. The van der Waals surface area contributed by atoms with Gasteiger partial charge in [-0.3, -0.25) is 19.7 Å². The molecule has 0 aromatic heterocycles. The third kappa shape index (κ3) is 5.41. The molecule has 0 spiro atoms. The standard InChI is InChI=1S/C17H24N4O5/c18-9-8-16(22)19-11-13-5-3-4-10-20(13)17(23)12-26-15-7-2-1-6-14(15)21(24)25/h1-2,6-7,13H,3-5,8-12,18H2,(H,19,22). The summed E-state index contributed by atoms with van der Waals surface area (Å²) in [5.74, 6) is -0.321. The molecule has 0 radical (unpaired) electrons. The third-order valence-corrected chi connectivity index (χ3v) is 4.27. The van der Waals surface area contributed by atoms with Gasteiger partial charge in [-0.1, -0.05) is 12.1 Å². The molecule has 0 aliphatic carbocycles. The van der Waals surface area contributed by atoms with E-state index in [-0.39, 0.29) is 48.9 Å². The molecule has 0 bridgehead atoms. The summed E-state index contributed by atoms with van der Waals surface area (Å²) in [4.78, 5) is 36.3. The van der Waals surface area contributed by atoms with Crippen LogP contribution < -0.4 is 15.8 Å². The van der Waals surface area contributed by atoms with Crippen molar-refractivity contribution in [1.29, 1.82) is 0 Å². The van der Waals surface area contributed by atoms with Crippen LogP contribution in [0.1, 0.15) is 25.7 Å². The van der Waals surface area contributed by atoms with E-state index in [4.69, 9.17) is 10.5 Å². The Labute approximate surface area is 151 Å². The van der Waals surface area contributed by atoms with Gasteiger partial charge in [-0.15, -0.1) is 0 Å². The van der Waals surface area contributed by atoms with Crippen LogP contribution in [0, 0.1) is 10.1 Å². The molecule has 2 rings (SSSR count). The summed E-state index contributed by atoms with van der Waals surface area (Å²) in [7, 11) is 0. The number of likely N-dealkylation sites (tertiary alicyclic amines) is 1. The van der Waals surface area contributed by atoms with Crippen LogP contribution in [-0.4, -0.2) is 53.9 Å². The molecular formula is C17H24N4O5. The maximum absolute atomic E-state index is 12.5. The van der Waals surface area contributed by atoms with Crippen LogP contribution in [-0.2, 0) is 9.59 Å². The van der Waals surface area contributed by atoms with Gasteiger partial charge in [-0.05, 0) is 25.3 Å². The number of nitrogens with zero attached hydrogens (tertiary/aromatic N) is 2. The second-order valence-corrected chi connectivity index (χ2v) is 6.09. The first kappa shape index (κ1) is 19.6. The zero-order valence-electron chi connectivity index (χ0n) is 14.6. The number of hydrogen-bond acceptors (Lipinski definition) is 6. The number of amides is 2. The van der Waals surface area contributed by atoms with E-state index >= 15 is 0 Å². The average molecular weight is 364 g/mol. The molecule has 1 heterocycles. The molecule has 9 nitrogen and oxygen atoms in total. The van der Waals surface area contributed by atoms with E-state index in [9.17, 15) is 19.7 Å². The van der Waals surface area contributed by atoms with Crippen LogP contribution >= 0.6 is 0 Å². The minimum Gasteiger partial charge on any atom is -0.477 e. The third-order valence-electron chi connectivity index (χ3n) is 4.27. The summed E-state index contributed by atoms with van der Waals surface area (Å²) < 4.78 is 5.39. The first-order valence-electron chi connectivity index (χ1n) is 8.65. The number of hydrogen-bond donors (Lipinski definition) is 2. The number of carbonyl (C=O) groups excluding carboxylic acids is 2. The lowest BCUT2D eigenvalue weighted by atomic mass is 10.0. The number of benzene rings is 1. The normalized spacial score (nSPS) is 16.8. The zero-order chi connectivity index (χ0) is 18.9. The number of carbonyl (C=O) groups is 2. The summed E-state index contributed by atoms with van der Waals surface area (Å²) in [5.41, 5.74) is 5.18. The maximum atomic E-state index is 12.5. The van der Waals surface area contributed by atoms with Crippen molar-refractivity contribution in [2.75, 3.05) is 26.2 Å². The second kappa shape index (κ2) is 9.71. The Kier molecular flexibility index (Phi) is 7.34. The molecule has 2 amide bonds. The van der Waals surface area contributed by atoms with Crippen molar-refractivity contribution in [3.05, 3.63) is 34.4 Å². The molecule has 1 aliphatic heterocycles. The molecule has 1 fully saturated rings. The fourth-order valence-electron chi connectivity index (χ4n) is 2.94. The predicted molar refractivity (Wildman–Crippen MR) is 94.6 cm³/mol. The first-order valence-corrected chi connectivity index (χ1v) is 8.65. The first-order chi connectivity index (χ1) is 12.5. The van der Waals surface area contributed by atoms with Crippen LogP contribution in [0.5, 0.6) is 5.75 Å². The number of nitro benzene ring substituents is 1. The molecule has 26 heavy (non-hydrogen) atoms. The lowest BCUT2D eigenvalue weighted by Crippen LogP contribution is -2.50. The topological polar surface area (TPSA) is 128 Å². The van der Waals surface area contributed by atoms with Crippen LogP contribution in [0.3, 0.4) is 0 Å². The van der Waals surface area contributed by atoms with E-state index < -0.39 is 4.92 Å². The predicted octanol–water partition coefficient (Wildman–Crippen LogP) is 0.820. The van der Waals surface area contributed by atoms with Crippen molar-refractivity contribution in [3.63, 3.8) is 0 Å². The Bertz CT molecular complexity index is 652. The molecule has 1 aromatic carbocycles. The Hall–Kier alpha value is -2.68. The average Bonchev–Trinajstić information content (AvgIpc) is 2.65. The molecule has 3 N–H and O–H groups in total. The van der Waals surface area contributed by atoms with Gasteiger partial charge in [0.15, 0.2) is 12.4 Å². The molecule has 1 unspecified atom stereocenters. The number of rotatable bonds is 8. The van der Waals surface area contributed by atoms with Gasteiger partial charge in [0.2, 0.25) is 5.91 Å². The van der Waals surface area contributed by atoms with Gasteiger partial charge in [-0.2, -0.15) is 0 Å². The van der Waals surface area contributed by atoms with E-state index in [1.54, 1.807) is 11.0 Å². The minimum atomic E-state index is -0.545. The summed E-state index contributed by atoms with van der Waals surface area (Å²) in [5, 5.41) is 13.8. The lowest BCUT2D eigenvalue weighted by molar-refractivity contribution is -0.385. The number of ether oxygens (including phenoxy) is 1. The number of para-hydroxylation sites is 2. The molecule has 1 saturated heterocycles. The van der Waals surface area contributed by atoms with Crippen LogP contribution in [0.25, 0.3) is 0 Å². The SMILES string of the molecule is NCCC(=O)NCC1CCCCN1C(=O)COc1ccccc1[N+](=O)[O-]. The highest BCUT2D eigenvalue weighted by Crippen LogP contribution is 2.26. The smallest absolute Gasteiger partial charge is 0.310 e. The molecule has 142 valence electrons. The highest BCUT2D eigenvalue weighted by atomic mass is 16.6. The fraction of sp³-hybridized carbons (Fsp3) is 0.529. The monoisotopic (exact) mass is 364 g/mol. The zero-order valence-corrected chi connectivity index (χ0v) is 14.6. The quantitative estimate of drug-likeness (QED) is 0.519. The van der Waals surface area contributed by atoms with Crippen molar-refractivity contribution in [3.8, 4) is 5.75 Å². The highest BCUT2D eigenvalue weighted by Gasteiger charge is 2.27. The van der Waals surface area contributed by atoms with Gasteiger partial charge in [0.25, 0.3) is 5.91 Å². The van der Waals surface area contributed by atoms with Gasteiger partial charge in [0, 0.05) is 38.2 Å². The molecule has 1 aromatic rings. The number of nitrogens with one attached hydrogen (secondary N) is 1. The molecule has 9 heteroatoms. The van der Waals surface area contributed by atoms with Crippen LogP contribution in [0.2, 0.25) is 0 Å². The summed E-state index contributed by atoms with van der Waals surface area (Å²) in [6.45, 7) is 0.952. The summed E-state index contributed by atoms with van der Waals surface area (Å²) in [6, 6.07) is 5.84. The number of nitro groups is 1. The van der Waals surface area contributed by atoms with Gasteiger partial charge < -0.3 is 20.7 Å². The van der Waals surface area contributed by atoms with E-state index in [1.165, 1.54) is 18.2 Å². The number of nitrogens with two attached hydrogens (primary N) is 1. The van der Waals surface area contributed by atoms with Gasteiger partial charge >= 0.3 is 5.69 Å². The van der Waals surface area contributed by atoms with E-state index in [0.717, 1.165) is 19.3 Å². The van der Waals surface area contributed by atoms with Crippen LogP contribution in [0.15, 0.2) is 24.3 Å². The Balaban J connectivity index is 1.94. The molecule has 1 aliphatic rings. The Morgan fingerprint density at radius 1 is 1.35 bits per heavy atom. The van der Waals surface area contributed by atoms with E-state index in [2.05, 4.69) is 5.32 Å². The van der Waals surface area contributed by atoms with Crippen molar-refractivity contribution < 1.29 is 19.2 Å². The van der Waals surface area contributed by atoms with Gasteiger partial charge in [-0.25, -0.2) is 0 Å². The molecule has 1 atom stereocenters. The highest BCUT2D eigenvalue weighted by molar-refractivity contribution is 5.79. The second-order valence-electron chi connectivity index (χ2n) is 6.09. The Morgan fingerprint density at radius 3 is 2.85 bits per heavy atom. The van der Waals surface area contributed by atoms with Gasteiger partial charge in [0.1, 0.15) is 0 Å². The number of piperidine rings is 1. The summed E-state index contributed by atoms with van der Waals surface area (Å²) >= 11 is 0. The van der Waals surface area contributed by atoms with Crippen molar-refractivity contribution in [1.82, 2.24) is 10.2 Å². The van der Waals surface area contributed by atoms with E-state index in [1.807, 2.05) is 0 Å².